The van der Waals surface area contributed by atoms with Gasteiger partial charge in [0.1, 0.15) is 6.10 Å². The SMILES string of the molecule is CC(Sc1ccccc1)C(=O)N1CCN(C(=O)C2CCCO2)CC1. The molecule has 6 heteroatoms. The smallest absolute Gasteiger partial charge is 0.251 e. The zero-order valence-corrected chi connectivity index (χ0v) is 14.8. The molecule has 0 aliphatic carbocycles. The molecule has 0 saturated carbocycles. The molecule has 5 nitrogen and oxygen atoms in total. The Labute approximate surface area is 147 Å². The van der Waals surface area contributed by atoms with Crippen LogP contribution < -0.4 is 0 Å². The van der Waals surface area contributed by atoms with E-state index in [0.717, 1.165) is 17.7 Å². The van der Waals surface area contributed by atoms with Crippen molar-refractivity contribution in [3.63, 3.8) is 0 Å². The maximum absolute atomic E-state index is 12.6. The molecule has 2 atom stereocenters. The number of piperazine rings is 1. The van der Waals surface area contributed by atoms with Crippen molar-refractivity contribution >= 4 is 23.6 Å². The zero-order valence-electron chi connectivity index (χ0n) is 14.0. The van der Waals surface area contributed by atoms with Gasteiger partial charge in [0.15, 0.2) is 0 Å². The number of thioether (sulfide) groups is 1. The van der Waals surface area contributed by atoms with Crippen molar-refractivity contribution in [1.82, 2.24) is 9.80 Å². The van der Waals surface area contributed by atoms with E-state index in [9.17, 15) is 9.59 Å². The summed E-state index contributed by atoms with van der Waals surface area (Å²) in [6, 6.07) is 9.98. The summed E-state index contributed by atoms with van der Waals surface area (Å²) in [7, 11) is 0. The molecule has 130 valence electrons. The molecule has 2 unspecified atom stereocenters. The molecule has 0 radical (unpaired) electrons. The van der Waals surface area contributed by atoms with Crippen LogP contribution in [0.4, 0.5) is 0 Å². The summed E-state index contributed by atoms with van der Waals surface area (Å²) in [5.41, 5.74) is 0. The highest BCUT2D eigenvalue weighted by atomic mass is 32.2. The largest absolute Gasteiger partial charge is 0.368 e. The Balaban J connectivity index is 1.48. The lowest BCUT2D eigenvalue weighted by Gasteiger charge is -2.36. The fourth-order valence-electron chi connectivity index (χ4n) is 3.13. The topological polar surface area (TPSA) is 49.9 Å². The third-order valence-electron chi connectivity index (χ3n) is 4.51. The summed E-state index contributed by atoms with van der Waals surface area (Å²) in [4.78, 5) is 29.8. The molecule has 0 bridgehead atoms. The molecule has 1 aromatic rings. The van der Waals surface area contributed by atoms with Crippen LogP contribution in [0.15, 0.2) is 35.2 Å². The van der Waals surface area contributed by atoms with E-state index in [1.54, 1.807) is 11.8 Å². The molecule has 24 heavy (non-hydrogen) atoms. The predicted molar refractivity (Wildman–Crippen MR) is 93.9 cm³/mol. The van der Waals surface area contributed by atoms with Crippen LogP contribution in [0.5, 0.6) is 0 Å². The summed E-state index contributed by atoms with van der Waals surface area (Å²) in [6.07, 6.45) is 1.52. The van der Waals surface area contributed by atoms with Gasteiger partial charge in [-0.15, -0.1) is 11.8 Å². The first-order valence-electron chi connectivity index (χ1n) is 8.56. The molecule has 3 rings (SSSR count). The fourth-order valence-corrected chi connectivity index (χ4v) is 4.11. The highest BCUT2D eigenvalue weighted by Crippen LogP contribution is 2.24. The number of nitrogens with zero attached hydrogens (tertiary/aromatic N) is 2. The molecule has 2 heterocycles. The van der Waals surface area contributed by atoms with Gasteiger partial charge in [0.25, 0.3) is 5.91 Å². The number of benzene rings is 1. The molecule has 2 fully saturated rings. The van der Waals surface area contributed by atoms with Crippen LogP contribution >= 0.6 is 11.8 Å². The average molecular weight is 348 g/mol. The minimum absolute atomic E-state index is 0.0892. The first-order chi connectivity index (χ1) is 11.6. The summed E-state index contributed by atoms with van der Waals surface area (Å²) in [5, 5.41) is -0.118. The van der Waals surface area contributed by atoms with Crippen LogP contribution in [-0.4, -0.2) is 65.8 Å². The van der Waals surface area contributed by atoms with Crippen molar-refractivity contribution in [2.75, 3.05) is 32.8 Å². The van der Waals surface area contributed by atoms with Gasteiger partial charge in [-0.2, -0.15) is 0 Å². The lowest BCUT2D eigenvalue weighted by atomic mass is 10.2. The molecule has 2 amide bonds. The van der Waals surface area contributed by atoms with E-state index in [1.807, 2.05) is 47.1 Å². The molecule has 2 saturated heterocycles. The number of amides is 2. The van der Waals surface area contributed by atoms with Crippen molar-refractivity contribution in [2.24, 2.45) is 0 Å². The van der Waals surface area contributed by atoms with Crippen LogP contribution in [0.25, 0.3) is 0 Å². The van der Waals surface area contributed by atoms with E-state index >= 15 is 0 Å². The lowest BCUT2D eigenvalue weighted by molar-refractivity contribution is -0.145. The van der Waals surface area contributed by atoms with E-state index in [1.165, 1.54) is 0 Å². The second-order valence-corrected chi connectivity index (χ2v) is 7.64. The van der Waals surface area contributed by atoms with Gasteiger partial charge in [0, 0.05) is 37.7 Å². The summed E-state index contributed by atoms with van der Waals surface area (Å²) in [6.45, 7) is 5.06. The lowest BCUT2D eigenvalue weighted by Crippen LogP contribution is -2.54. The number of ether oxygens (including phenoxy) is 1. The normalized spacial score (nSPS) is 22.5. The number of hydrogen-bond donors (Lipinski definition) is 0. The van der Waals surface area contributed by atoms with Crippen LogP contribution in [0.2, 0.25) is 0 Å². The molecule has 0 spiro atoms. The zero-order chi connectivity index (χ0) is 16.9. The van der Waals surface area contributed by atoms with E-state index in [2.05, 4.69) is 0 Å². The van der Waals surface area contributed by atoms with Gasteiger partial charge in [-0.05, 0) is 31.9 Å². The highest BCUT2D eigenvalue weighted by molar-refractivity contribution is 8.00. The highest BCUT2D eigenvalue weighted by Gasteiger charge is 2.32. The van der Waals surface area contributed by atoms with Crippen LogP contribution in [-0.2, 0) is 14.3 Å². The van der Waals surface area contributed by atoms with Crippen molar-refractivity contribution in [3.05, 3.63) is 30.3 Å². The van der Waals surface area contributed by atoms with Gasteiger partial charge >= 0.3 is 0 Å². The monoisotopic (exact) mass is 348 g/mol. The van der Waals surface area contributed by atoms with Gasteiger partial charge in [0.2, 0.25) is 5.91 Å². The predicted octanol–water partition coefficient (Wildman–Crippen LogP) is 2.02. The van der Waals surface area contributed by atoms with Crippen molar-refractivity contribution in [1.29, 1.82) is 0 Å². The van der Waals surface area contributed by atoms with Crippen LogP contribution in [0.1, 0.15) is 19.8 Å². The third kappa shape index (κ3) is 4.11. The number of hydrogen-bond acceptors (Lipinski definition) is 4. The first kappa shape index (κ1) is 17.3. The average Bonchev–Trinajstić information content (AvgIpc) is 3.16. The molecule has 1 aromatic carbocycles. The Hall–Kier alpha value is -1.53. The van der Waals surface area contributed by atoms with Crippen LogP contribution in [0, 0.1) is 0 Å². The van der Waals surface area contributed by atoms with E-state index in [-0.39, 0.29) is 23.2 Å². The summed E-state index contributed by atoms with van der Waals surface area (Å²) in [5.74, 6) is 0.236. The van der Waals surface area contributed by atoms with Crippen molar-refractivity contribution < 1.29 is 14.3 Å². The molecule has 0 aromatic heterocycles. The van der Waals surface area contributed by atoms with E-state index in [0.29, 0.717) is 32.8 Å². The molecule has 2 aliphatic rings. The van der Waals surface area contributed by atoms with Gasteiger partial charge < -0.3 is 14.5 Å². The summed E-state index contributed by atoms with van der Waals surface area (Å²) >= 11 is 1.58. The number of carbonyl (C=O) groups is 2. The quantitative estimate of drug-likeness (QED) is 0.781. The Morgan fingerprint density at radius 2 is 1.79 bits per heavy atom. The van der Waals surface area contributed by atoms with Gasteiger partial charge in [-0.3, -0.25) is 9.59 Å². The van der Waals surface area contributed by atoms with Gasteiger partial charge in [-0.1, -0.05) is 18.2 Å². The minimum atomic E-state index is -0.264. The molecular weight excluding hydrogens is 324 g/mol. The Morgan fingerprint density at radius 3 is 2.42 bits per heavy atom. The number of rotatable bonds is 4. The van der Waals surface area contributed by atoms with E-state index in [4.69, 9.17) is 4.74 Å². The Morgan fingerprint density at radius 1 is 1.12 bits per heavy atom. The maximum Gasteiger partial charge on any atom is 0.251 e. The first-order valence-corrected chi connectivity index (χ1v) is 9.44. The summed E-state index contributed by atoms with van der Waals surface area (Å²) < 4.78 is 5.47. The standard InChI is InChI=1S/C18H24N2O3S/c1-14(24-15-6-3-2-4-7-15)17(21)19-9-11-20(12-10-19)18(22)16-8-5-13-23-16/h2-4,6-7,14,16H,5,8-13H2,1H3. The Kier molecular flexibility index (Phi) is 5.79. The van der Waals surface area contributed by atoms with Crippen molar-refractivity contribution in [2.45, 2.75) is 36.0 Å². The van der Waals surface area contributed by atoms with Crippen molar-refractivity contribution in [3.8, 4) is 0 Å². The second-order valence-electron chi connectivity index (χ2n) is 6.23. The number of carbonyl (C=O) groups excluding carboxylic acids is 2. The minimum Gasteiger partial charge on any atom is -0.368 e. The third-order valence-corrected chi connectivity index (χ3v) is 5.61. The van der Waals surface area contributed by atoms with Gasteiger partial charge in [0.05, 0.1) is 5.25 Å². The molecular formula is C18H24N2O3S. The van der Waals surface area contributed by atoms with E-state index < -0.39 is 0 Å². The van der Waals surface area contributed by atoms with Crippen LogP contribution in [0.3, 0.4) is 0 Å². The van der Waals surface area contributed by atoms with Gasteiger partial charge in [-0.25, -0.2) is 0 Å². The molecule has 0 N–H and O–H groups in total. The maximum atomic E-state index is 12.6. The second kappa shape index (κ2) is 8.03. The Bertz CT molecular complexity index is 567. The fraction of sp³-hybridized carbons (Fsp3) is 0.556. The molecule has 2 aliphatic heterocycles.